The number of carboxylic acids is 1. The Morgan fingerprint density at radius 3 is 2.45 bits per heavy atom. The Morgan fingerprint density at radius 1 is 1.32 bits per heavy atom. The van der Waals surface area contributed by atoms with E-state index in [1.54, 1.807) is 12.1 Å². The minimum absolute atomic E-state index is 0.266. The number of carbonyl (C=O) groups excluding carboxylic acids is 1. The van der Waals surface area contributed by atoms with E-state index in [9.17, 15) is 22.8 Å². The van der Waals surface area contributed by atoms with Crippen LogP contribution in [-0.2, 0) is 11.3 Å². The van der Waals surface area contributed by atoms with Gasteiger partial charge in [0.05, 0.1) is 0 Å². The van der Waals surface area contributed by atoms with Crippen LogP contribution in [0.1, 0.15) is 27.4 Å². The molecule has 0 aromatic carbocycles. The van der Waals surface area contributed by atoms with Crippen molar-refractivity contribution in [1.29, 1.82) is 0 Å². The maximum Gasteiger partial charge on any atom is 0.471 e. The Bertz CT molecular complexity index is 551. The molecule has 9 heteroatoms. The molecule has 2 heterocycles. The van der Waals surface area contributed by atoms with Crippen LogP contribution in [0.15, 0.2) is 12.1 Å². The molecule has 1 amide bonds. The Labute approximate surface area is 128 Å². The standard InChI is InChI=1S/C13H15F3N2O3S/c14-13(15,16)12(21)17-8-3-5-18(6-4-8)7-9-1-2-10(22-9)11(19)20/h1-2,8H,3-7H2,(H,17,21)(H,19,20). The van der Waals surface area contributed by atoms with Crippen LogP contribution < -0.4 is 5.32 Å². The number of alkyl halides is 3. The Morgan fingerprint density at radius 2 is 1.95 bits per heavy atom. The third-order valence-electron chi connectivity index (χ3n) is 3.43. The Balaban J connectivity index is 1.79. The number of aromatic carboxylic acids is 1. The molecule has 5 nitrogen and oxygen atoms in total. The zero-order chi connectivity index (χ0) is 16.3. The fourth-order valence-corrected chi connectivity index (χ4v) is 3.19. The molecule has 0 atom stereocenters. The van der Waals surface area contributed by atoms with Gasteiger partial charge in [-0.25, -0.2) is 4.79 Å². The van der Waals surface area contributed by atoms with Crippen molar-refractivity contribution in [3.8, 4) is 0 Å². The summed E-state index contributed by atoms with van der Waals surface area (Å²) in [5.41, 5.74) is 0. The van der Waals surface area contributed by atoms with Crippen LogP contribution in [0.25, 0.3) is 0 Å². The van der Waals surface area contributed by atoms with Gasteiger partial charge < -0.3 is 10.4 Å². The van der Waals surface area contributed by atoms with Crippen LogP contribution in [0.4, 0.5) is 13.2 Å². The minimum Gasteiger partial charge on any atom is -0.477 e. The molecule has 122 valence electrons. The summed E-state index contributed by atoms with van der Waals surface area (Å²) in [6.07, 6.45) is -3.96. The number of halogens is 3. The fourth-order valence-electron chi connectivity index (χ4n) is 2.30. The van der Waals surface area contributed by atoms with Crippen molar-refractivity contribution in [2.45, 2.75) is 31.6 Å². The van der Waals surface area contributed by atoms with Gasteiger partial charge in [0, 0.05) is 30.6 Å². The molecule has 0 unspecified atom stereocenters. The van der Waals surface area contributed by atoms with E-state index in [0.29, 0.717) is 32.5 Å². The first-order chi connectivity index (χ1) is 10.3. The maximum absolute atomic E-state index is 12.2. The number of hydrogen-bond acceptors (Lipinski definition) is 4. The average Bonchev–Trinajstić information content (AvgIpc) is 2.88. The Hall–Kier alpha value is -1.61. The van der Waals surface area contributed by atoms with E-state index < -0.39 is 24.1 Å². The molecule has 2 rings (SSSR count). The number of piperidine rings is 1. The maximum atomic E-state index is 12.2. The molecule has 1 fully saturated rings. The smallest absolute Gasteiger partial charge is 0.471 e. The van der Waals surface area contributed by atoms with E-state index in [1.807, 2.05) is 10.2 Å². The largest absolute Gasteiger partial charge is 0.477 e. The van der Waals surface area contributed by atoms with Gasteiger partial charge in [0.25, 0.3) is 0 Å². The second-order valence-corrected chi connectivity index (χ2v) is 6.26. The number of likely N-dealkylation sites (tertiary alicyclic amines) is 1. The van der Waals surface area contributed by atoms with Gasteiger partial charge in [0.2, 0.25) is 0 Å². The van der Waals surface area contributed by atoms with E-state index in [4.69, 9.17) is 5.11 Å². The van der Waals surface area contributed by atoms with E-state index >= 15 is 0 Å². The molecule has 0 radical (unpaired) electrons. The van der Waals surface area contributed by atoms with Gasteiger partial charge in [0.1, 0.15) is 4.88 Å². The number of carbonyl (C=O) groups is 2. The molecule has 1 aromatic rings. The average molecular weight is 336 g/mol. The zero-order valence-electron chi connectivity index (χ0n) is 11.5. The molecule has 1 aromatic heterocycles. The van der Waals surface area contributed by atoms with Gasteiger partial charge >= 0.3 is 18.1 Å². The highest BCUT2D eigenvalue weighted by Gasteiger charge is 2.40. The molecular weight excluding hydrogens is 321 g/mol. The Kier molecular flexibility index (Phi) is 5.07. The summed E-state index contributed by atoms with van der Waals surface area (Å²) in [7, 11) is 0. The lowest BCUT2D eigenvalue weighted by Gasteiger charge is -2.32. The van der Waals surface area contributed by atoms with Crippen LogP contribution in [0.2, 0.25) is 0 Å². The van der Waals surface area contributed by atoms with Gasteiger partial charge in [0.15, 0.2) is 0 Å². The second kappa shape index (κ2) is 6.66. The summed E-state index contributed by atoms with van der Waals surface area (Å²) in [5.74, 6) is -2.86. The summed E-state index contributed by atoms with van der Waals surface area (Å²) in [6.45, 7) is 1.68. The lowest BCUT2D eigenvalue weighted by Crippen LogP contribution is -2.48. The van der Waals surface area contributed by atoms with E-state index in [-0.39, 0.29) is 4.88 Å². The highest BCUT2D eigenvalue weighted by Crippen LogP contribution is 2.21. The molecule has 0 saturated carbocycles. The fraction of sp³-hybridized carbons (Fsp3) is 0.538. The van der Waals surface area contributed by atoms with Crippen molar-refractivity contribution in [3.63, 3.8) is 0 Å². The molecule has 22 heavy (non-hydrogen) atoms. The second-order valence-electron chi connectivity index (χ2n) is 5.09. The molecule has 1 aliphatic heterocycles. The first-order valence-corrected chi connectivity index (χ1v) is 7.49. The monoisotopic (exact) mass is 336 g/mol. The first kappa shape index (κ1) is 16.8. The SMILES string of the molecule is O=C(O)c1ccc(CN2CCC(NC(=O)C(F)(F)F)CC2)s1. The van der Waals surface area contributed by atoms with Crippen LogP contribution >= 0.6 is 11.3 Å². The molecular formula is C13H15F3N2O3S. The number of thiophene rings is 1. The van der Waals surface area contributed by atoms with Crippen molar-refractivity contribution in [1.82, 2.24) is 10.2 Å². The number of nitrogens with one attached hydrogen (secondary N) is 1. The van der Waals surface area contributed by atoms with Gasteiger partial charge in [-0.3, -0.25) is 9.69 Å². The number of nitrogens with zero attached hydrogens (tertiary/aromatic N) is 1. The van der Waals surface area contributed by atoms with E-state index in [0.717, 1.165) is 4.88 Å². The summed E-state index contributed by atoms with van der Waals surface area (Å²) in [5, 5.41) is 10.8. The van der Waals surface area contributed by atoms with E-state index in [1.165, 1.54) is 11.3 Å². The number of hydrogen-bond donors (Lipinski definition) is 2. The predicted octanol–water partition coefficient (Wildman–Crippen LogP) is 2.09. The molecule has 1 aliphatic rings. The number of rotatable bonds is 4. The highest BCUT2D eigenvalue weighted by atomic mass is 32.1. The van der Waals surface area contributed by atoms with Crippen molar-refractivity contribution >= 4 is 23.2 Å². The third-order valence-corrected chi connectivity index (χ3v) is 4.49. The lowest BCUT2D eigenvalue weighted by atomic mass is 10.0. The molecule has 2 N–H and O–H groups in total. The lowest BCUT2D eigenvalue weighted by molar-refractivity contribution is -0.174. The topological polar surface area (TPSA) is 69.6 Å². The van der Waals surface area contributed by atoms with Crippen molar-refractivity contribution in [2.75, 3.05) is 13.1 Å². The summed E-state index contributed by atoms with van der Waals surface area (Å²) >= 11 is 1.19. The third kappa shape index (κ3) is 4.44. The van der Waals surface area contributed by atoms with Crippen LogP contribution in [0.3, 0.4) is 0 Å². The molecule has 1 saturated heterocycles. The number of carboxylic acid groups (broad SMARTS) is 1. The quantitative estimate of drug-likeness (QED) is 0.883. The van der Waals surface area contributed by atoms with Crippen molar-refractivity contribution in [2.24, 2.45) is 0 Å². The van der Waals surface area contributed by atoms with Crippen LogP contribution in [-0.4, -0.2) is 47.2 Å². The molecule has 0 bridgehead atoms. The van der Waals surface area contributed by atoms with Crippen LogP contribution in [0.5, 0.6) is 0 Å². The summed E-state index contributed by atoms with van der Waals surface area (Å²) in [6, 6.07) is 2.81. The van der Waals surface area contributed by atoms with E-state index in [2.05, 4.69) is 0 Å². The number of amides is 1. The first-order valence-electron chi connectivity index (χ1n) is 6.68. The van der Waals surface area contributed by atoms with Gasteiger partial charge in [-0.15, -0.1) is 11.3 Å². The van der Waals surface area contributed by atoms with Crippen molar-refractivity contribution < 1.29 is 27.9 Å². The highest BCUT2D eigenvalue weighted by molar-refractivity contribution is 7.13. The van der Waals surface area contributed by atoms with Crippen molar-refractivity contribution in [3.05, 3.63) is 21.9 Å². The summed E-state index contributed by atoms with van der Waals surface area (Å²) < 4.78 is 36.5. The molecule has 0 spiro atoms. The van der Waals surface area contributed by atoms with Crippen LogP contribution in [0, 0.1) is 0 Å². The molecule has 0 aliphatic carbocycles. The predicted molar refractivity (Wildman–Crippen MR) is 73.8 cm³/mol. The normalized spacial score (nSPS) is 17.4. The summed E-state index contributed by atoms with van der Waals surface area (Å²) in [4.78, 5) is 24.9. The van der Waals surface area contributed by atoms with Gasteiger partial charge in [-0.05, 0) is 25.0 Å². The van der Waals surface area contributed by atoms with Gasteiger partial charge in [-0.1, -0.05) is 0 Å². The van der Waals surface area contributed by atoms with Gasteiger partial charge in [-0.2, -0.15) is 13.2 Å². The zero-order valence-corrected chi connectivity index (χ0v) is 12.3. The minimum atomic E-state index is -4.85.